The molecule has 0 bridgehead atoms. The van der Waals surface area contributed by atoms with Gasteiger partial charge in [0, 0.05) is 49.6 Å². The number of aromatic nitrogens is 1. The van der Waals surface area contributed by atoms with Crippen LogP contribution in [0.3, 0.4) is 0 Å². The first-order chi connectivity index (χ1) is 14.9. The summed E-state index contributed by atoms with van der Waals surface area (Å²) in [7, 11) is 0. The van der Waals surface area contributed by atoms with E-state index in [0.717, 1.165) is 16.8 Å². The number of carbonyl (C=O) groups excluding carboxylic acids is 2. The summed E-state index contributed by atoms with van der Waals surface area (Å²) >= 11 is 0. The number of carbonyl (C=O) groups is 2. The maximum atomic E-state index is 13.0. The minimum atomic E-state index is -0.499. The molecule has 0 N–H and O–H groups in total. The molecule has 158 valence electrons. The summed E-state index contributed by atoms with van der Waals surface area (Å²) in [5.41, 5.74) is 4.13. The number of ketones is 1. The molecule has 2 aliphatic rings. The Morgan fingerprint density at radius 3 is 2.29 bits per heavy atom. The third-order valence-electron chi connectivity index (χ3n) is 6.68. The lowest BCUT2D eigenvalue weighted by molar-refractivity contribution is -0.00575. The van der Waals surface area contributed by atoms with E-state index >= 15 is 0 Å². The van der Waals surface area contributed by atoms with Crippen molar-refractivity contribution < 1.29 is 14.3 Å². The third kappa shape index (κ3) is 3.54. The van der Waals surface area contributed by atoms with Crippen LogP contribution in [0.2, 0.25) is 0 Å². The van der Waals surface area contributed by atoms with E-state index in [2.05, 4.69) is 0 Å². The van der Waals surface area contributed by atoms with E-state index in [1.165, 1.54) is 0 Å². The summed E-state index contributed by atoms with van der Waals surface area (Å²) in [4.78, 5) is 27.7. The van der Waals surface area contributed by atoms with Crippen LogP contribution in [0.5, 0.6) is 5.75 Å². The highest BCUT2D eigenvalue weighted by atomic mass is 16.5. The van der Waals surface area contributed by atoms with E-state index in [1.807, 2.05) is 84.2 Å². The lowest BCUT2D eigenvalue weighted by Crippen LogP contribution is -2.52. The van der Waals surface area contributed by atoms with Crippen LogP contribution in [-0.4, -0.2) is 39.8 Å². The molecule has 3 aromatic rings. The molecule has 3 heterocycles. The first-order valence-electron chi connectivity index (χ1n) is 10.8. The highest BCUT2D eigenvalue weighted by Gasteiger charge is 2.43. The monoisotopic (exact) mass is 414 g/mol. The molecule has 0 saturated carbocycles. The Hall–Kier alpha value is -3.34. The number of aryl methyl sites for hydroxylation is 2. The molecular weight excluding hydrogens is 388 g/mol. The Bertz CT molecular complexity index is 1140. The molecule has 1 fully saturated rings. The van der Waals surface area contributed by atoms with Gasteiger partial charge in [-0.25, -0.2) is 0 Å². The molecule has 2 aromatic carbocycles. The van der Waals surface area contributed by atoms with Gasteiger partial charge in [0.2, 0.25) is 0 Å². The van der Waals surface area contributed by atoms with Gasteiger partial charge in [-0.1, -0.05) is 0 Å². The molecule has 0 radical (unpaired) electrons. The molecule has 5 heteroatoms. The number of nitrogens with zero attached hydrogens (tertiary/aromatic N) is 2. The standard InChI is InChI=1S/C26H26N2O3/c1-18-15-22-23(29)17-26(31-24(22)16-19(18)2)9-13-28(14-10-26)25(30)20-5-7-21(8-6-20)27-11-3-4-12-27/h3-8,11-12,15-16H,9-10,13-14,17H2,1-2H3. The molecule has 1 saturated heterocycles. The largest absolute Gasteiger partial charge is 0.486 e. The van der Waals surface area contributed by atoms with Crippen LogP contribution in [0.1, 0.15) is 51.1 Å². The number of benzene rings is 2. The molecule has 0 unspecified atom stereocenters. The Kier molecular flexibility index (Phi) is 4.69. The van der Waals surface area contributed by atoms with Crippen molar-refractivity contribution in [3.8, 4) is 11.4 Å². The van der Waals surface area contributed by atoms with Crippen LogP contribution < -0.4 is 4.74 Å². The number of rotatable bonds is 2. The quantitative estimate of drug-likeness (QED) is 0.609. The molecule has 5 rings (SSSR count). The maximum Gasteiger partial charge on any atom is 0.253 e. The fraction of sp³-hybridized carbons (Fsp3) is 0.308. The van der Waals surface area contributed by atoms with Gasteiger partial charge in [0.25, 0.3) is 5.91 Å². The molecule has 1 aromatic heterocycles. The summed E-state index contributed by atoms with van der Waals surface area (Å²) in [5, 5.41) is 0. The SMILES string of the molecule is Cc1cc2c(cc1C)C(=O)CC1(CCN(C(=O)c3ccc(-n4cccc4)cc3)CC1)O2. The smallest absolute Gasteiger partial charge is 0.253 e. The van der Waals surface area contributed by atoms with Gasteiger partial charge in [-0.15, -0.1) is 0 Å². The van der Waals surface area contributed by atoms with Crippen molar-refractivity contribution in [3.63, 3.8) is 0 Å². The molecular formula is C26H26N2O3. The highest BCUT2D eigenvalue weighted by Crippen LogP contribution is 2.40. The van der Waals surface area contributed by atoms with Gasteiger partial charge in [0.1, 0.15) is 11.4 Å². The third-order valence-corrected chi connectivity index (χ3v) is 6.68. The van der Waals surface area contributed by atoms with Crippen molar-refractivity contribution in [3.05, 3.63) is 83.2 Å². The first kappa shape index (κ1) is 19.6. The predicted molar refractivity (Wildman–Crippen MR) is 119 cm³/mol. The number of Topliss-reactive ketones (excluding diaryl/α,β-unsaturated/α-hetero) is 1. The Morgan fingerprint density at radius 2 is 1.61 bits per heavy atom. The van der Waals surface area contributed by atoms with E-state index in [1.54, 1.807) is 0 Å². The average Bonchev–Trinajstić information content (AvgIpc) is 3.31. The molecule has 2 aliphatic heterocycles. The minimum Gasteiger partial charge on any atom is -0.486 e. The van der Waals surface area contributed by atoms with Gasteiger partial charge >= 0.3 is 0 Å². The molecule has 31 heavy (non-hydrogen) atoms. The fourth-order valence-corrected chi connectivity index (χ4v) is 4.61. The minimum absolute atomic E-state index is 0.0305. The van der Waals surface area contributed by atoms with Crippen molar-refractivity contribution in [2.24, 2.45) is 0 Å². The topological polar surface area (TPSA) is 51.5 Å². The Labute approximate surface area is 182 Å². The van der Waals surface area contributed by atoms with E-state index in [4.69, 9.17) is 4.74 Å². The van der Waals surface area contributed by atoms with Gasteiger partial charge in [0.15, 0.2) is 5.78 Å². The van der Waals surface area contributed by atoms with E-state index in [0.29, 0.717) is 49.2 Å². The lowest BCUT2D eigenvalue weighted by atomic mass is 9.81. The molecule has 1 amide bonds. The van der Waals surface area contributed by atoms with Gasteiger partial charge < -0.3 is 14.2 Å². The van der Waals surface area contributed by atoms with Gasteiger partial charge in [-0.05, 0) is 73.5 Å². The first-order valence-corrected chi connectivity index (χ1v) is 10.8. The molecule has 0 aliphatic carbocycles. The van der Waals surface area contributed by atoms with Crippen molar-refractivity contribution >= 4 is 11.7 Å². The molecule has 5 nitrogen and oxygen atoms in total. The van der Waals surface area contributed by atoms with Crippen LogP contribution in [-0.2, 0) is 0 Å². The van der Waals surface area contributed by atoms with Crippen molar-refractivity contribution in [1.29, 1.82) is 0 Å². The fourth-order valence-electron chi connectivity index (χ4n) is 4.61. The van der Waals surface area contributed by atoms with Crippen LogP contribution in [0, 0.1) is 13.8 Å². The maximum absolute atomic E-state index is 13.0. The Balaban J connectivity index is 1.28. The van der Waals surface area contributed by atoms with E-state index in [-0.39, 0.29) is 11.7 Å². The van der Waals surface area contributed by atoms with Crippen molar-refractivity contribution in [2.75, 3.05) is 13.1 Å². The lowest BCUT2D eigenvalue weighted by Gasteiger charge is -2.44. The second-order valence-electron chi connectivity index (χ2n) is 8.75. The molecule has 1 spiro atoms. The van der Waals surface area contributed by atoms with E-state index < -0.39 is 5.60 Å². The number of ether oxygens (including phenoxy) is 1. The van der Waals surface area contributed by atoms with Gasteiger partial charge in [-0.3, -0.25) is 9.59 Å². The second kappa shape index (κ2) is 7.41. The number of hydrogen-bond acceptors (Lipinski definition) is 3. The summed E-state index contributed by atoms with van der Waals surface area (Å²) in [6.07, 6.45) is 5.67. The van der Waals surface area contributed by atoms with Crippen LogP contribution >= 0.6 is 0 Å². The number of likely N-dealkylation sites (tertiary alicyclic amines) is 1. The Morgan fingerprint density at radius 1 is 0.968 bits per heavy atom. The van der Waals surface area contributed by atoms with Gasteiger partial charge in [-0.2, -0.15) is 0 Å². The van der Waals surface area contributed by atoms with Crippen LogP contribution in [0.15, 0.2) is 60.9 Å². The average molecular weight is 415 g/mol. The highest BCUT2D eigenvalue weighted by molar-refractivity contribution is 6.00. The summed E-state index contributed by atoms with van der Waals surface area (Å²) in [6, 6.07) is 15.5. The number of amides is 1. The van der Waals surface area contributed by atoms with Crippen LogP contribution in [0.4, 0.5) is 0 Å². The predicted octanol–water partition coefficient (Wildman–Crippen LogP) is 4.73. The zero-order chi connectivity index (χ0) is 21.6. The summed E-state index contributed by atoms with van der Waals surface area (Å²) < 4.78 is 8.41. The second-order valence-corrected chi connectivity index (χ2v) is 8.75. The number of hydrogen-bond donors (Lipinski definition) is 0. The van der Waals surface area contributed by atoms with Gasteiger partial charge in [0.05, 0.1) is 12.0 Å². The normalized spacial score (nSPS) is 17.4. The summed E-state index contributed by atoms with van der Waals surface area (Å²) in [5.74, 6) is 0.868. The zero-order valence-corrected chi connectivity index (χ0v) is 17.9. The number of fused-ring (bicyclic) bond motifs is 1. The van der Waals surface area contributed by atoms with Crippen molar-refractivity contribution in [2.45, 2.75) is 38.7 Å². The van der Waals surface area contributed by atoms with Crippen LogP contribution in [0.25, 0.3) is 5.69 Å². The summed E-state index contributed by atoms with van der Waals surface area (Å²) in [6.45, 7) is 5.23. The zero-order valence-electron chi connectivity index (χ0n) is 17.9. The number of piperidine rings is 1. The molecule has 0 atom stereocenters. The van der Waals surface area contributed by atoms with Crippen molar-refractivity contribution in [1.82, 2.24) is 9.47 Å². The van der Waals surface area contributed by atoms with E-state index in [9.17, 15) is 9.59 Å².